The summed E-state index contributed by atoms with van der Waals surface area (Å²) in [6.45, 7) is 2.08. The van der Waals surface area contributed by atoms with Crippen molar-refractivity contribution in [1.29, 1.82) is 0 Å². The second kappa shape index (κ2) is 5.94. The van der Waals surface area contributed by atoms with Crippen molar-refractivity contribution in [2.45, 2.75) is 6.92 Å². The minimum atomic E-state index is 1.04. The first-order valence-electron chi connectivity index (χ1n) is 5.70. The van der Waals surface area contributed by atoms with Gasteiger partial charge in [-0.05, 0) is 72.8 Å². The number of thiophene rings is 2. The van der Waals surface area contributed by atoms with E-state index in [4.69, 9.17) is 0 Å². The molecule has 0 saturated carbocycles. The van der Waals surface area contributed by atoms with E-state index >= 15 is 0 Å². The van der Waals surface area contributed by atoms with Crippen LogP contribution in [-0.4, -0.2) is 0 Å². The maximum Gasteiger partial charge on any atom is 0.0935 e. The topological polar surface area (TPSA) is 0 Å². The number of aryl methyl sites for hydroxylation is 1. The first-order valence-corrected chi connectivity index (χ1v) is 9.72. The number of benzene rings is 1. The van der Waals surface area contributed by atoms with Crippen LogP contribution in [0.4, 0.5) is 0 Å². The Kier molecular flexibility index (Phi) is 4.40. The standard InChI is InChI=1S/C15H7Br3S2/c1-8-2-4-9(5-3-8)6-7-10-11(16)13-14(19-10)12(17)15(18)20-13/h2-5H,1H3. The minimum absolute atomic E-state index is 1.04. The summed E-state index contributed by atoms with van der Waals surface area (Å²) in [5, 5.41) is 0. The molecular weight excluding hydrogens is 484 g/mol. The van der Waals surface area contributed by atoms with Crippen molar-refractivity contribution >= 4 is 79.9 Å². The highest BCUT2D eigenvalue weighted by Crippen LogP contribution is 2.48. The molecular formula is C15H7Br3S2. The van der Waals surface area contributed by atoms with Crippen LogP contribution in [0.25, 0.3) is 9.40 Å². The van der Waals surface area contributed by atoms with Gasteiger partial charge in [0.1, 0.15) is 0 Å². The van der Waals surface area contributed by atoms with Crippen LogP contribution in [0, 0.1) is 18.8 Å². The van der Waals surface area contributed by atoms with E-state index in [2.05, 4.69) is 90.8 Å². The van der Waals surface area contributed by atoms with Crippen molar-refractivity contribution in [3.8, 4) is 11.8 Å². The molecule has 2 aromatic heterocycles. The van der Waals surface area contributed by atoms with Gasteiger partial charge in [0.15, 0.2) is 0 Å². The molecule has 5 heteroatoms. The molecule has 2 heterocycles. The highest BCUT2D eigenvalue weighted by Gasteiger charge is 2.16. The lowest BCUT2D eigenvalue weighted by Crippen LogP contribution is -1.75. The molecule has 0 atom stereocenters. The van der Waals surface area contributed by atoms with Crippen LogP contribution in [0.1, 0.15) is 16.0 Å². The van der Waals surface area contributed by atoms with Crippen LogP contribution in [0.3, 0.4) is 0 Å². The van der Waals surface area contributed by atoms with E-state index in [1.165, 1.54) is 15.0 Å². The highest BCUT2D eigenvalue weighted by atomic mass is 79.9. The Morgan fingerprint density at radius 2 is 1.50 bits per heavy atom. The van der Waals surface area contributed by atoms with Crippen molar-refractivity contribution in [2.75, 3.05) is 0 Å². The van der Waals surface area contributed by atoms with Crippen molar-refractivity contribution in [3.05, 3.63) is 53.0 Å². The first kappa shape index (κ1) is 14.8. The fourth-order valence-electron chi connectivity index (χ4n) is 1.70. The lowest BCUT2D eigenvalue weighted by molar-refractivity contribution is 1.46. The van der Waals surface area contributed by atoms with Gasteiger partial charge in [0.25, 0.3) is 0 Å². The van der Waals surface area contributed by atoms with E-state index in [9.17, 15) is 0 Å². The third-order valence-corrected chi connectivity index (χ3v) is 9.04. The van der Waals surface area contributed by atoms with Gasteiger partial charge in [-0.15, -0.1) is 22.7 Å². The SMILES string of the molecule is Cc1ccc(C#Cc2sc3c(Br)c(Br)sc3c2Br)cc1. The number of hydrogen-bond acceptors (Lipinski definition) is 2. The number of hydrogen-bond donors (Lipinski definition) is 0. The third-order valence-electron chi connectivity index (χ3n) is 2.74. The smallest absolute Gasteiger partial charge is 0.0935 e. The summed E-state index contributed by atoms with van der Waals surface area (Å²) in [6, 6.07) is 8.27. The van der Waals surface area contributed by atoms with Crippen LogP contribution >= 0.6 is 70.5 Å². The molecule has 0 spiro atoms. The Morgan fingerprint density at radius 1 is 0.850 bits per heavy atom. The van der Waals surface area contributed by atoms with Crippen LogP contribution in [-0.2, 0) is 0 Å². The summed E-state index contributed by atoms with van der Waals surface area (Å²) in [5.74, 6) is 6.48. The van der Waals surface area contributed by atoms with Gasteiger partial charge >= 0.3 is 0 Å². The van der Waals surface area contributed by atoms with E-state index in [0.717, 1.165) is 23.2 Å². The molecule has 0 aliphatic carbocycles. The zero-order valence-corrected chi connectivity index (χ0v) is 16.7. The fraction of sp³-hybridized carbons (Fsp3) is 0.0667. The lowest BCUT2D eigenvalue weighted by atomic mass is 10.1. The van der Waals surface area contributed by atoms with Crippen molar-refractivity contribution in [3.63, 3.8) is 0 Å². The lowest BCUT2D eigenvalue weighted by Gasteiger charge is -1.91. The molecule has 0 amide bonds. The number of rotatable bonds is 0. The quantitative estimate of drug-likeness (QED) is 0.299. The van der Waals surface area contributed by atoms with E-state index in [0.29, 0.717) is 0 Å². The average Bonchev–Trinajstić information content (AvgIpc) is 2.89. The summed E-state index contributed by atoms with van der Waals surface area (Å²) >= 11 is 14.2. The molecule has 3 rings (SSSR count). The molecule has 3 aromatic rings. The summed E-state index contributed by atoms with van der Waals surface area (Å²) in [5.41, 5.74) is 2.29. The van der Waals surface area contributed by atoms with Gasteiger partial charge in [0, 0.05) is 5.56 Å². The molecule has 0 bridgehead atoms. The van der Waals surface area contributed by atoms with Crippen LogP contribution in [0.2, 0.25) is 0 Å². The maximum absolute atomic E-state index is 3.66. The van der Waals surface area contributed by atoms with Crippen molar-refractivity contribution < 1.29 is 0 Å². The Bertz CT molecular complexity index is 845. The van der Waals surface area contributed by atoms with Gasteiger partial charge in [0.05, 0.1) is 27.0 Å². The largest absolute Gasteiger partial charge is 0.125 e. The zero-order valence-electron chi connectivity index (χ0n) is 10.3. The average molecular weight is 491 g/mol. The molecule has 0 fully saturated rings. The Morgan fingerprint density at radius 3 is 2.15 bits per heavy atom. The van der Waals surface area contributed by atoms with Gasteiger partial charge in [0.2, 0.25) is 0 Å². The molecule has 0 unspecified atom stereocenters. The van der Waals surface area contributed by atoms with Crippen molar-refractivity contribution in [2.24, 2.45) is 0 Å². The van der Waals surface area contributed by atoms with Crippen LogP contribution in [0.15, 0.2) is 37.0 Å². The second-order valence-electron chi connectivity index (χ2n) is 4.21. The monoisotopic (exact) mass is 488 g/mol. The normalized spacial score (nSPS) is 10.6. The van der Waals surface area contributed by atoms with Crippen molar-refractivity contribution in [1.82, 2.24) is 0 Å². The maximum atomic E-state index is 3.66. The zero-order chi connectivity index (χ0) is 14.3. The molecule has 100 valence electrons. The Labute approximate surface area is 150 Å². The van der Waals surface area contributed by atoms with Gasteiger partial charge in [-0.2, -0.15) is 0 Å². The van der Waals surface area contributed by atoms with Gasteiger partial charge < -0.3 is 0 Å². The second-order valence-corrected chi connectivity index (χ2v) is 9.15. The summed E-state index contributed by atoms with van der Waals surface area (Å²) < 4.78 is 5.81. The molecule has 20 heavy (non-hydrogen) atoms. The predicted molar refractivity (Wildman–Crippen MR) is 100.0 cm³/mol. The summed E-state index contributed by atoms with van der Waals surface area (Å²) in [7, 11) is 0. The molecule has 0 aliphatic rings. The Hall–Kier alpha value is -0.120. The fourth-order valence-corrected chi connectivity index (χ4v) is 6.27. The van der Waals surface area contributed by atoms with E-state index < -0.39 is 0 Å². The highest BCUT2D eigenvalue weighted by molar-refractivity contribution is 9.13. The minimum Gasteiger partial charge on any atom is -0.125 e. The molecule has 0 N–H and O–H groups in total. The Balaban J connectivity index is 2.04. The number of halogens is 3. The number of fused-ring (bicyclic) bond motifs is 1. The molecule has 0 radical (unpaired) electrons. The molecule has 0 aliphatic heterocycles. The third kappa shape index (κ3) is 2.77. The predicted octanol–water partition coefficient (Wildman–Crippen LogP) is 6.96. The van der Waals surface area contributed by atoms with E-state index in [1.54, 1.807) is 22.7 Å². The van der Waals surface area contributed by atoms with E-state index in [1.807, 2.05) is 0 Å². The van der Waals surface area contributed by atoms with Crippen LogP contribution in [0.5, 0.6) is 0 Å². The van der Waals surface area contributed by atoms with Gasteiger partial charge in [-0.3, -0.25) is 0 Å². The molecule has 0 nitrogen and oxygen atoms in total. The van der Waals surface area contributed by atoms with Gasteiger partial charge in [-0.25, -0.2) is 0 Å². The summed E-state index contributed by atoms with van der Waals surface area (Å²) in [6.07, 6.45) is 0. The summed E-state index contributed by atoms with van der Waals surface area (Å²) in [4.78, 5) is 1.07. The molecule has 0 saturated heterocycles. The van der Waals surface area contributed by atoms with E-state index in [-0.39, 0.29) is 0 Å². The first-order chi connectivity index (χ1) is 9.56. The molecule has 1 aromatic carbocycles. The van der Waals surface area contributed by atoms with Gasteiger partial charge in [-0.1, -0.05) is 23.6 Å². The van der Waals surface area contributed by atoms with Crippen LogP contribution < -0.4 is 0 Å².